The Morgan fingerprint density at radius 2 is 0.750 bits per heavy atom. The van der Waals surface area contributed by atoms with Crippen LogP contribution in [0.4, 0.5) is 0 Å². The second-order valence-corrected chi connectivity index (χ2v) is 23.3. The number of amides is 1. The van der Waals surface area contributed by atoms with Gasteiger partial charge in [-0.3, -0.25) is 4.79 Å². The largest absolute Gasteiger partial charge is 0.394 e. The molecule has 0 aromatic heterocycles. The molecule has 2 saturated heterocycles. The third kappa shape index (κ3) is 33.7. The first-order valence-electron chi connectivity index (χ1n) is 32.3. The van der Waals surface area contributed by atoms with E-state index in [1.165, 1.54) is 218 Å². The Balaban J connectivity index is 1.60. The first kappa shape index (κ1) is 71.1. The van der Waals surface area contributed by atoms with Crippen molar-refractivity contribution in [2.75, 3.05) is 19.8 Å². The Labute approximate surface area is 464 Å². The van der Waals surface area contributed by atoms with E-state index >= 15 is 0 Å². The SMILES string of the molecule is CCCCCCCCCCCCCCCCCCCCCCCCCCCCCCCCCCC(O)C(COC1OC(CO)C(OC2OC(CO)C(O)C(O)C2O)C(O)C1O)NC(=O)CCCCCCCCCCCC. The molecule has 76 heavy (non-hydrogen) atoms. The standard InChI is InChI=1S/C62H121NO13/c1-3-5-7-9-11-13-15-16-17-18-19-20-21-22-23-24-25-26-27-28-29-30-31-32-33-34-35-36-37-39-41-43-45-51(66)50(63-54(67)46-44-42-40-38-14-12-10-8-6-4-2)49-73-61-59(72)57(70)60(53(48-65)75-61)76-62-58(71)56(69)55(68)52(47-64)74-62/h50-53,55-62,64-66,68-72H,3-49H2,1-2H3,(H,63,67). The van der Waals surface area contributed by atoms with Crippen molar-refractivity contribution in [2.24, 2.45) is 0 Å². The second kappa shape index (κ2) is 48.7. The lowest BCUT2D eigenvalue weighted by atomic mass is 9.97. The first-order chi connectivity index (χ1) is 37.1. The molecule has 0 aromatic carbocycles. The molecule has 0 spiro atoms. The van der Waals surface area contributed by atoms with Gasteiger partial charge in [0.1, 0.15) is 48.8 Å². The summed E-state index contributed by atoms with van der Waals surface area (Å²) < 4.78 is 22.8. The highest BCUT2D eigenvalue weighted by molar-refractivity contribution is 5.76. The molecule has 2 rings (SSSR count). The van der Waals surface area contributed by atoms with Crippen LogP contribution < -0.4 is 5.32 Å². The molecule has 1 amide bonds. The van der Waals surface area contributed by atoms with Gasteiger partial charge in [-0.25, -0.2) is 0 Å². The summed E-state index contributed by atoms with van der Waals surface area (Å²) in [4.78, 5) is 13.2. The highest BCUT2D eigenvalue weighted by atomic mass is 16.7. The normalized spacial score (nSPS) is 24.8. The summed E-state index contributed by atoms with van der Waals surface area (Å²) in [5.41, 5.74) is 0. The van der Waals surface area contributed by atoms with Gasteiger partial charge in [-0.1, -0.05) is 277 Å². The fourth-order valence-electron chi connectivity index (χ4n) is 11.1. The fraction of sp³-hybridized carbons (Fsp3) is 0.984. The Hall–Kier alpha value is -1.01. The first-order valence-corrected chi connectivity index (χ1v) is 32.3. The minimum atomic E-state index is -1.78. The smallest absolute Gasteiger partial charge is 0.220 e. The van der Waals surface area contributed by atoms with Crippen LogP contribution in [0.2, 0.25) is 0 Å². The summed E-state index contributed by atoms with van der Waals surface area (Å²) in [6, 6.07) is -0.822. The van der Waals surface area contributed by atoms with Crippen LogP contribution in [-0.2, 0) is 23.7 Å². The molecule has 2 aliphatic heterocycles. The van der Waals surface area contributed by atoms with Crippen LogP contribution in [0.15, 0.2) is 0 Å². The van der Waals surface area contributed by atoms with Crippen LogP contribution >= 0.6 is 0 Å². The number of hydrogen-bond acceptors (Lipinski definition) is 13. The Morgan fingerprint density at radius 1 is 0.421 bits per heavy atom. The van der Waals surface area contributed by atoms with Gasteiger partial charge >= 0.3 is 0 Å². The molecule has 0 radical (unpaired) electrons. The van der Waals surface area contributed by atoms with E-state index in [2.05, 4.69) is 19.2 Å². The summed E-state index contributed by atoms with van der Waals surface area (Å²) >= 11 is 0. The predicted octanol–water partition coefficient (Wildman–Crippen LogP) is 11.7. The summed E-state index contributed by atoms with van der Waals surface area (Å²) in [7, 11) is 0. The van der Waals surface area contributed by atoms with Crippen molar-refractivity contribution in [1.29, 1.82) is 0 Å². The maximum Gasteiger partial charge on any atom is 0.220 e. The van der Waals surface area contributed by atoms with Gasteiger partial charge < -0.3 is 65.1 Å². The van der Waals surface area contributed by atoms with Crippen molar-refractivity contribution in [3.8, 4) is 0 Å². The van der Waals surface area contributed by atoms with E-state index in [-0.39, 0.29) is 12.5 Å². The van der Waals surface area contributed by atoms with E-state index in [0.29, 0.717) is 12.8 Å². The van der Waals surface area contributed by atoms with Crippen LogP contribution in [0.25, 0.3) is 0 Å². The topological polar surface area (TPSA) is 228 Å². The zero-order valence-electron chi connectivity index (χ0n) is 48.8. The molecule has 2 heterocycles. The van der Waals surface area contributed by atoms with Crippen molar-refractivity contribution < 1.29 is 64.6 Å². The Morgan fingerprint density at radius 3 is 1.12 bits per heavy atom. The van der Waals surface area contributed by atoms with E-state index in [1.807, 2.05) is 0 Å². The highest BCUT2D eigenvalue weighted by Crippen LogP contribution is 2.30. The van der Waals surface area contributed by atoms with Gasteiger partial charge in [0.2, 0.25) is 5.91 Å². The number of hydrogen-bond donors (Lipinski definition) is 9. The van der Waals surface area contributed by atoms with Gasteiger partial charge in [-0.15, -0.1) is 0 Å². The minimum Gasteiger partial charge on any atom is -0.394 e. The van der Waals surface area contributed by atoms with Crippen LogP contribution in [0, 0.1) is 0 Å². The quantitative estimate of drug-likeness (QED) is 0.0259. The van der Waals surface area contributed by atoms with Gasteiger partial charge in [-0.05, 0) is 12.8 Å². The van der Waals surface area contributed by atoms with Gasteiger partial charge in [0.05, 0.1) is 32.0 Å². The maximum absolute atomic E-state index is 13.2. The molecule has 2 aliphatic rings. The number of carbonyl (C=O) groups is 1. The molecule has 2 fully saturated rings. The summed E-state index contributed by atoms with van der Waals surface area (Å²) in [5, 5.41) is 87.2. The number of aliphatic hydroxyl groups excluding tert-OH is 8. The van der Waals surface area contributed by atoms with E-state index < -0.39 is 86.8 Å². The summed E-state index contributed by atoms with van der Waals surface area (Å²) in [5.74, 6) is -0.204. The third-order valence-electron chi connectivity index (χ3n) is 16.3. The zero-order chi connectivity index (χ0) is 55.3. The van der Waals surface area contributed by atoms with Crippen molar-refractivity contribution >= 4 is 5.91 Å². The Bertz CT molecular complexity index is 1280. The van der Waals surface area contributed by atoms with Gasteiger partial charge in [0.25, 0.3) is 0 Å². The lowest BCUT2D eigenvalue weighted by Gasteiger charge is -2.46. The fourth-order valence-corrected chi connectivity index (χ4v) is 11.1. The van der Waals surface area contributed by atoms with Gasteiger partial charge in [-0.2, -0.15) is 0 Å². The molecule has 0 saturated carbocycles. The number of carbonyl (C=O) groups excluding carboxylic acids is 1. The van der Waals surface area contributed by atoms with Crippen LogP contribution in [0.1, 0.15) is 296 Å². The van der Waals surface area contributed by atoms with Crippen molar-refractivity contribution in [3.05, 3.63) is 0 Å². The number of nitrogens with one attached hydrogen (secondary N) is 1. The monoisotopic (exact) mass is 1090 g/mol. The zero-order valence-corrected chi connectivity index (χ0v) is 48.8. The maximum atomic E-state index is 13.2. The number of rotatable bonds is 53. The molecule has 9 N–H and O–H groups in total. The third-order valence-corrected chi connectivity index (χ3v) is 16.3. The average molecular weight is 1090 g/mol. The van der Waals surface area contributed by atoms with Crippen LogP contribution in [0.5, 0.6) is 0 Å². The Kier molecular flexibility index (Phi) is 45.5. The molecule has 12 unspecified atom stereocenters. The van der Waals surface area contributed by atoms with Gasteiger partial charge in [0, 0.05) is 6.42 Å². The van der Waals surface area contributed by atoms with Crippen molar-refractivity contribution in [3.63, 3.8) is 0 Å². The van der Waals surface area contributed by atoms with E-state index in [1.54, 1.807) is 0 Å². The lowest BCUT2D eigenvalue weighted by molar-refractivity contribution is -0.359. The summed E-state index contributed by atoms with van der Waals surface area (Å²) in [6.07, 6.45) is 38.6. The minimum absolute atomic E-state index is 0.204. The van der Waals surface area contributed by atoms with E-state index in [0.717, 1.165) is 51.4 Å². The molecule has 452 valence electrons. The second-order valence-electron chi connectivity index (χ2n) is 23.3. The highest BCUT2D eigenvalue weighted by Gasteiger charge is 2.51. The number of aliphatic hydroxyl groups is 8. The van der Waals surface area contributed by atoms with E-state index in [4.69, 9.17) is 18.9 Å². The lowest BCUT2D eigenvalue weighted by Crippen LogP contribution is -2.65. The predicted molar refractivity (Wildman–Crippen MR) is 305 cm³/mol. The molecular weight excluding hydrogens is 967 g/mol. The molecule has 12 atom stereocenters. The average Bonchev–Trinajstić information content (AvgIpc) is 3.42. The van der Waals surface area contributed by atoms with Gasteiger partial charge in [0.15, 0.2) is 12.6 Å². The molecule has 0 bridgehead atoms. The molecule has 0 aliphatic carbocycles. The van der Waals surface area contributed by atoms with Crippen molar-refractivity contribution in [1.82, 2.24) is 5.32 Å². The molecule has 0 aromatic rings. The van der Waals surface area contributed by atoms with Crippen LogP contribution in [0.3, 0.4) is 0 Å². The number of unbranched alkanes of at least 4 members (excludes halogenated alkanes) is 40. The number of ether oxygens (including phenoxy) is 4. The van der Waals surface area contributed by atoms with Crippen LogP contribution in [-0.4, -0.2) is 140 Å². The molecular formula is C62H121NO13. The summed E-state index contributed by atoms with van der Waals surface area (Å²) in [6.45, 7) is 2.88. The molecule has 14 heteroatoms. The molecule has 14 nitrogen and oxygen atoms in total. The van der Waals surface area contributed by atoms with E-state index in [9.17, 15) is 45.6 Å². The van der Waals surface area contributed by atoms with Crippen molar-refractivity contribution in [2.45, 2.75) is 370 Å².